The fraction of sp³-hybridized carbons (Fsp3) is 0.846. The molecule has 2 rings (SSSR count). The van der Waals surface area contributed by atoms with E-state index >= 15 is 0 Å². The molecule has 1 aromatic heterocycles. The second-order valence-electron chi connectivity index (χ2n) is 6.21. The van der Waals surface area contributed by atoms with Crippen molar-refractivity contribution in [2.45, 2.75) is 58.1 Å². The van der Waals surface area contributed by atoms with Crippen LogP contribution in [-0.2, 0) is 10.3 Å². The molecule has 2 N–H and O–H groups in total. The minimum absolute atomic E-state index is 0.0975. The lowest BCUT2D eigenvalue weighted by Gasteiger charge is -2.24. The van der Waals surface area contributed by atoms with E-state index in [1.54, 1.807) is 7.11 Å². The van der Waals surface area contributed by atoms with Gasteiger partial charge in [0, 0.05) is 7.11 Å². The Kier molecular flexibility index (Phi) is 3.47. The minimum atomic E-state index is -0.362. The molecular weight excluding hydrogens is 230 g/mol. The average Bonchev–Trinajstić information content (AvgIpc) is 2.96. The van der Waals surface area contributed by atoms with Gasteiger partial charge in [-0.1, -0.05) is 25.9 Å². The quantitative estimate of drug-likeness (QED) is 0.896. The van der Waals surface area contributed by atoms with Gasteiger partial charge in [-0.05, 0) is 31.1 Å². The third-order valence-corrected chi connectivity index (χ3v) is 3.85. The number of nitrogens with two attached hydrogens (primary N) is 1. The third kappa shape index (κ3) is 2.29. The van der Waals surface area contributed by atoms with Gasteiger partial charge in [0.15, 0.2) is 0 Å². The van der Waals surface area contributed by atoms with E-state index in [1.165, 1.54) is 0 Å². The normalized spacial score (nSPS) is 21.2. The molecule has 0 amide bonds. The number of methoxy groups -OCH3 is 1. The molecule has 1 atom stereocenters. The number of nitrogens with zero attached hydrogens (tertiary/aromatic N) is 2. The van der Waals surface area contributed by atoms with Crippen molar-refractivity contribution < 1.29 is 9.26 Å². The standard InChI is InChI=1S/C13H23N3O2/c1-12(2,3)9(14)10-15-11(16-18-10)13(17-4)7-5-6-8-13/h9H,5-8,14H2,1-4H3. The highest BCUT2D eigenvalue weighted by molar-refractivity contribution is 5.06. The largest absolute Gasteiger partial charge is 0.370 e. The molecule has 1 aliphatic carbocycles. The monoisotopic (exact) mass is 253 g/mol. The Morgan fingerprint density at radius 3 is 2.44 bits per heavy atom. The highest BCUT2D eigenvalue weighted by atomic mass is 16.5. The molecule has 0 bridgehead atoms. The fourth-order valence-corrected chi connectivity index (χ4v) is 2.38. The number of ether oxygens (including phenoxy) is 1. The van der Waals surface area contributed by atoms with Gasteiger partial charge in [-0.15, -0.1) is 0 Å². The zero-order chi connectivity index (χ0) is 13.4. The first-order chi connectivity index (χ1) is 8.39. The maximum atomic E-state index is 6.13. The molecule has 0 spiro atoms. The zero-order valence-corrected chi connectivity index (χ0v) is 11.7. The van der Waals surface area contributed by atoms with Gasteiger partial charge in [-0.2, -0.15) is 4.98 Å². The van der Waals surface area contributed by atoms with E-state index in [-0.39, 0.29) is 17.1 Å². The van der Waals surface area contributed by atoms with Crippen molar-refractivity contribution in [3.05, 3.63) is 11.7 Å². The van der Waals surface area contributed by atoms with Gasteiger partial charge in [0.05, 0.1) is 6.04 Å². The Morgan fingerprint density at radius 2 is 1.94 bits per heavy atom. The third-order valence-electron chi connectivity index (χ3n) is 3.85. The molecule has 102 valence electrons. The Balaban J connectivity index is 2.25. The summed E-state index contributed by atoms with van der Waals surface area (Å²) in [6.45, 7) is 6.18. The molecule has 5 nitrogen and oxygen atoms in total. The number of rotatable bonds is 3. The lowest BCUT2D eigenvalue weighted by molar-refractivity contribution is -0.0178. The SMILES string of the molecule is COC1(c2noc(C(N)C(C)(C)C)n2)CCCC1. The summed E-state index contributed by atoms with van der Waals surface area (Å²) in [6.07, 6.45) is 4.19. The number of hydrogen-bond donors (Lipinski definition) is 1. The van der Waals surface area contributed by atoms with Crippen LogP contribution in [0.2, 0.25) is 0 Å². The maximum Gasteiger partial charge on any atom is 0.244 e. The van der Waals surface area contributed by atoms with Crippen molar-refractivity contribution in [1.29, 1.82) is 0 Å². The van der Waals surface area contributed by atoms with Crippen LogP contribution in [0.15, 0.2) is 4.52 Å². The van der Waals surface area contributed by atoms with E-state index in [0.29, 0.717) is 11.7 Å². The molecule has 0 saturated heterocycles. The van der Waals surface area contributed by atoms with Crippen LogP contribution in [0.25, 0.3) is 0 Å². The fourth-order valence-electron chi connectivity index (χ4n) is 2.38. The van der Waals surface area contributed by atoms with Gasteiger partial charge in [0.2, 0.25) is 11.7 Å². The molecule has 1 fully saturated rings. The van der Waals surface area contributed by atoms with Crippen molar-refractivity contribution in [2.24, 2.45) is 11.1 Å². The van der Waals surface area contributed by atoms with Crippen LogP contribution in [0.1, 0.15) is 64.2 Å². The predicted molar refractivity (Wildman–Crippen MR) is 67.8 cm³/mol. The van der Waals surface area contributed by atoms with Crippen LogP contribution in [-0.4, -0.2) is 17.3 Å². The van der Waals surface area contributed by atoms with Crippen molar-refractivity contribution >= 4 is 0 Å². The molecule has 0 aliphatic heterocycles. The van der Waals surface area contributed by atoms with Crippen LogP contribution in [0.3, 0.4) is 0 Å². The Bertz CT molecular complexity index is 403. The van der Waals surface area contributed by atoms with Crippen molar-refractivity contribution in [1.82, 2.24) is 10.1 Å². The maximum absolute atomic E-state index is 6.13. The molecule has 1 heterocycles. The second kappa shape index (κ2) is 4.63. The van der Waals surface area contributed by atoms with E-state index in [2.05, 4.69) is 30.9 Å². The smallest absolute Gasteiger partial charge is 0.244 e. The van der Waals surface area contributed by atoms with E-state index < -0.39 is 0 Å². The van der Waals surface area contributed by atoms with Gasteiger partial charge in [0.1, 0.15) is 5.60 Å². The molecule has 1 aliphatic rings. The van der Waals surface area contributed by atoms with Crippen LogP contribution < -0.4 is 5.73 Å². The molecular formula is C13H23N3O2. The molecule has 0 aromatic carbocycles. The first kappa shape index (κ1) is 13.5. The van der Waals surface area contributed by atoms with Crippen LogP contribution >= 0.6 is 0 Å². The Labute approximate surface area is 108 Å². The summed E-state index contributed by atoms with van der Waals surface area (Å²) in [5.74, 6) is 1.15. The van der Waals surface area contributed by atoms with E-state index in [9.17, 15) is 0 Å². The second-order valence-corrected chi connectivity index (χ2v) is 6.21. The average molecular weight is 253 g/mol. The zero-order valence-electron chi connectivity index (χ0n) is 11.7. The predicted octanol–water partition coefficient (Wildman–Crippen LogP) is 2.53. The summed E-state index contributed by atoms with van der Waals surface area (Å²) in [7, 11) is 1.71. The summed E-state index contributed by atoms with van der Waals surface area (Å²) in [4.78, 5) is 4.47. The van der Waals surface area contributed by atoms with Crippen molar-refractivity contribution in [3.63, 3.8) is 0 Å². The van der Waals surface area contributed by atoms with E-state index in [1.807, 2.05) is 0 Å². The molecule has 1 unspecified atom stereocenters. The number of hydrogen-bond acceptors (Lipinski definition) is 5. The molecule has 0 radical (unpaired) electrons. The summed E-state index contributed by atoms with van der Waals surface area (Å²) < 4.78 is 11.0. The van der Waals surface area contributed by atoms with Gasteiger partial charge in [-0.3, -0.25) is 0 Å². The van der Waals surface area contributed by atoms with Gasteiger partial charge >= 0.3 is 0 Å². The Morgan fingerprint density at radius 1 is 1.33 bits per heavy atom. The summed E-state index contributed by atoms with van der Waals surface area (Å²) in [5, 5.41) is 4.08. The van der Waals surface area contributed by atoms with Crippen molar-refractivity contribution in [3.8, 4) is 0 Å². The molecule has 1 saturated carbocycles. The van der Waals surface area contributed by atoms with E-state index in [0.717, 1.165) is 25.7 Å². The van der Waals surface area contributed by atoms with E-state index in [4.69, 9.17) is 15.0 Å². The molecule has 1 aromatic rings. The van der Waals surface area contributed by atoms with Crippen LogP contribution in [0, 0.1) is 5.41 Å². The number of aromatic nitrogens is 2. The van der Waals surface area contributed by atoms with Gasteiger partial charge in [0.25, 0.3) is 0 Å². The van der Waals surface area contributed by atoms with Crippen molar-refractivity contribution in [2.75, 3.05) is 7.11 Å². The summed E-state index contributed by atoms with van der Waals surface area (Å²) in [5.41, 5.74) is 5.67. The minimum Gasteiger partial charge on any atom is -0.370 e. The van der Waals surface area contributed by atoms with Crippen LogP contribution in [0.5, 0.6) is 0 Å². The van der Waals surface area contributed by atoms with Crippen LogP contribution in [0.4, 0.5) is 0 Å². The molecule has 5 heteroatoms. The Hall–Kier alpha value is -0.940. The summed E-state index contributed by atoms with van der Waals surface area (Å²) in [6, 6.07) is -0.256. The first-order valence-corrected chi connectivity index (χ1v) is 6.54. The highest BCUT2D eigenvalue weighted by Gasteiger charge is 2.41. The summed E-state index contributed by atoms with van der Waals surface area (Å²) >= 11 is 0. The van der Waals surface area contributed by atoms with Gasteiger partial charge < -0.3 is 15.0 Å². The topological polar surface area (TPSA) is 74.2 Å². The highest BCUT2D eigenvalue weighted by Crippen LogP contribution is 2.41. The first-order valence-electron chi connectivity index (χ1n) is 6.54. The lowest BCUT2D eigenvalue weighted by atomic mass is 9.87. The van der Waals surface area contributed by atoms with Gasteiger partial charge in [-0.25, -0.2) is 0 Å². The lowest BCUT2D eigenvalue weighted by Crippen LogP contribution is -2.28. The molecule has 18 heavy (non-hydrogen) atoms.